The number of nitrogens with zero attached hydrogens (tertiary/aromatic N) is 5. The summed E-state index contributed by atoms with van der Waals surface area (Å²) in [5, 5.41) is 11.9. The van der Waals surface area contributed by atoms with Crippen LogP contribution in [-0.2, 0) is 11.0 Å². The van der Waals surface area contributed by atoms with Crippen LogP contribution in [0, 0.1) is 5.82 Å². The fourth-order valence-corrected chi connectivity index (χ4v) is 3.92. The minimum absolute atomic E-state index is 0.0318. The lowest BCUT2D eigenvalue weighted by Crippen LogP contribution is -2.47. The van der Waals surface area contributed by atoms with Crippen molar-refractivity contribution in [3.05, 3.63) is 59.0 Å². The average molecular weight is 525 g/mol. The summed E-state index contributed by atoms with van der Waals surface area (Å²) in [5.74, 6) is -1.38. The number of benzene rings is 1. The number of aliphatic carboxylic acids is 1. The van der Waals surface area contributed by atoms with Crippen LogP contribution in [0.15, 0.2) is 42.6 Å². The number of carboxylic acids is 1. The van der Waals surface area contributed by atoms with Crippen molar-refractivity contribution >= 4 is 35.2 Å². The first kappa shape index (κ1) is 25.4. The van der Waals surface area contributed by atoms with Crippen molar-refractivity contribution in [2.75, 3.05) is 41.3 Å². The Balaban J connectivity index is 1.62. The standard InChI is InChI=1S/C23H21ClF4N6O2/c1-13(21(35)36)30-22-31-18(14-4-5-17(25)16(24)11-14)12-19(32-22)33-7-9-34(10-8-33)20-15(23(26,27)28)3-2-6-29-20/h2-6,11-13H,7-10H2,1H3,(H,35,36)(H,30,31,32). The molecule has 1 aliphatic heterocycles. The molecule has 2 aromatic heterocycles. The van der Waals surface area contributed by atoms with Gasteiger partial charge in [0, 0.05) is 44.0 Å². The van der Waals surface area contributed by atoms with Gasteiger partial charge in [-0.25, -0.2) is 14.4 Å². The molecule has 0 saturated carbocycles. The number of halogens is 5. The molecule has 0 spiro atoms. The number of alkyl halides is 3. The maximum absolute atomic E-state index is 13.7. The number of anilines is 3. The third-order valence-electron chi connectivity index (χ3n) is 5.64. The Morgan fingerprint density at radius 3 is 2.44 bits per heavy atom. The largest absolute Gasteiger partial charge is 0.480 e. The van der Waals surface area contributed by atoms with E-state index in [1.165, 1.54) is 37.4 Å². The molecule has 1 aliphatic rings. The predicted molar refractivity (Wildman–Crippen MR) is 127 cm³/mol. The third kappa shape index (κ3) is 5.59. The molecule has 0 radical (unpaired) electrons. The number of pyridine rings is 1. The molecule has 0 amide bonds. The molecule has 1 fully saturated rings. The van der Waals surface area contributed by atoms with E-state index >= 15 is 0 Å². The van der Waals surface area contributed by atoms with Crippen LogP contribution in [0.1, 0.15) is 12.5 Å². The van der Waals surface area contributed by atoms with Crippen molar-refractivity contribution in [2.45, 2.75) is 19.1 Å². The summed E-state index contributed by atoms with van der Waals surface area (Å²) in [6, 6.07) is 6.96. The number of carbonyl (C=O) groups is 1. The SMILES string of the molecule is CC(Nc1nc(-c2ccc(F)c(Cl)c2)cc(N2CCN(c3ncccc3C(F)(F)F)CC2)n1)C(=O)O. The van der Waals surface area contributed by atoms with Gasteiger partial charge in [0.2, 0.25) is 5.95 Å². The second-order valence-electron chi connectivity index (χ2n) is 8.11. The normalized spacial score (nSPS) is 15.1. The number of carboxylic acid groups (broad SMARTS) is 1. The lowest BCUT2D eigenvalue weighted by atomic mass is 10.1. The summed E-state index contributed by atoms with van der Waals surface area (Å²) < 4.78 is 54.0. The number of nitrogens with one attached hydrogen (secondary N) is 1. The summed E-state index contributed by atoms with van der Waals surface area (Å²) in [4.78, 5) is 27.5. The van der Waals surface area contributed by atoms with Gasteiger partial charge in [-0.3, -0.25) is 4.79 Å². The highest BCUT2D eigenvalue weighted by Crippen LogP contribution is 2.36. The number of rotatable bonds is 6. The van der Waals surface area contributed by atoms with Crippen LogP contribution in [0.4, 0.5) is 35.1 Å². The van der Waals surface area contributed by atoms with Gasteiger partial charge in [0.1, 0.15) is 23.5 Å². The van der Waals surface area contributed by atoms with Gasteiger partial charge in [-0.15, -0.1) is 0 Å². The highest BCUT2D eigenvalue weighted by atomic mass is 35.5. The molecule has 0 aliphatic carbocycles. The minimum atomic E-state index is -4.53. The maximum Gasteiger partial charge on any atom is 0.419 e. The lowest BCUT2D eigenvalue weighted by molar-refractivity contribution is -0.138. The monoisotopic (exact) mass is 524 g/mol. The fourth-order valence-electron chi connectivity index (χ4n) is 3.74. The van der Waals surface area contributed by atoms with E-state index in [2.05, 4.69) is 20.3 Å². The third-order valence-corrected chi connectivity index (χ3v) is 5.93. The molecule has 8 nitrogen and oxygen atoms in total. The molecule has 1 atom stereocenters. The Hall–Kier alpha value is -3.67. The lowest BCUT2D eigenvalue weighted by Gasteiger charge is -2.37. The van der Waals surface area contributed by atoms with Gasteiger partial charge < -0.3 is 20.2 Å². The molecule has 190 valence electrons. The van der Waals surface area contributed by atoms with Gasteiger partial charge in [0.15, 0.2) is 0 Å². The minimum Gasteiger partial charge on any atom is -0.480 e. The molecule has 36 heavy (non-hydrogen) atoms. The Morgan fingerprint density at radius 1 is 1.11 bits per heavy atom. The van der Waals surface area contributed by atoms with Crippen LogP contribution in [0.2, 0.25) is 5.02 Å². The van der Waals surface area contributed by atoms with Gasteiger partial charge in [-0.1, -0.05) is 11.6 Å². The molecular weight excluding hydrogens is 504 g/mol. The summed E-state index contributed by atoms with van der Waals surface area (Å²) in [7, 11) is 0. The van der Waals surface area contributed by atoms with E-state index in [0.29, 0.717) is 30.2 Å². The highest BCUT2D eigenvalue weighted by molar-refractivity contribution is 6.31. The molecule has 13 heteroatoms. The van der Waals surface area contributed by atoms with Crippen LogP contribution in [-0.4, -0.2) is 58.2 Å². The van der Waals surface area contributed by atoms with Crippen LogP contribution in [0.25, 0.3) is 11.3 Å². The quantitative estimate of drug-likeness (QED) is 0.453. The van der Waals surface area contributed by atoms with Crippen molar-refractivity contribution in [2.24, 2.45) is 0 Å². The molecule has 0 bridgehead atoms. The van der Waals surface area contributed by atoms with Crippen molar-refractivity contribution in [3.8, 4) is 11.3 Å². The first-order valence-corrected chi connectivity index (χ1v) is 11.3. The van der Waals surface area contributed by atoms with Crippen molar-refractivity contribution in [1.82, 2.24) is 15.0 Å². The molecule has 3 heterocycles. The Kier molecular flexibility index (Phi) is 7.16. The van der Waals surface area contributed by atoms with Crippen LogP contribution >= 0.6 is 11.6 Å². The Morgan fingerprint density at radius 2 is 1.81 bits per heavy atom. The van der Waals surface area contributed by atoms with Gasteiger partial charge in [0.25, 0.3) is 0 Å². The zero-order valence-electron chi connectivity index (χ0n) is 18.9. The average Bonchev–Trinajstić information content (AvgIpc) is 2.85. The molecule has 1 unspecified atom stereocenters. The summed E-state index contributed by atoms with van der Waals surface area (Å²) in [6.07, 6.45) is -3.21. The van der Waals surface area contributed by atoms with Gasteiger partial charge >= 0.3 is 12.1 Å². The topological polar surface area (TPSA) is 94.5 Å². The van der Waals surface area contributed by atoms with E-state index in [1.807, 2.05) is 4.90 Å². The van der Waals surface area contributed by atoms with Crippen LogP contribution in [0.3, 0.4) is 0 Å². The number of hydrogen-bond acceptors (Lipinski definition) is 7. The molecule has 1 saturated heterocycles. The zero-order chi connectivity index (χ0) is 26.0. The highest BCUT2D eigenvalue weighted by Gasteiger charge is 2.36. The summed E-state index contributed by atoms with van der Waals surface area (Å²) >= 11 is 5.92. The van der Waals surface area contributed by atoms with Crippen molar-refractivity contribution in [1.29, 1.82) is 0 Å². The van der Waals surface area contributed by atoms with E-state index in [-0.39, 0.29) is 29.9 Å². The molecule has 4 rings (SSSR count). The number of piperazine rings is 1. The van der Waals surface area contributed by atoms with E-state index in [9.17, 15) is 27.5 Å². The Labute approximate surface area is 208 Å². The van der Waals surface area contributed by atoms with Gasteiger partial charge in [-0.2, -0.15) is 18.2 Å². The molecule has 3 aromatic rings. The first-order chi connectivity index (χ1) is 17.0. The zero-order valence-corrected chi connectivity index (χ0v) is 19.7. The molecule has 1 aromatic carbocycles. The van der Waals surface area contributed by atoms with Crippen molar-refractivity contribution < 1.29 is 27.5 Å². The molecule has 2 N–H and O–H groups in total. The van der Waals surface area contributed by atoms with Gasteiger partial charge in [-0.05, 0) is 37.3 Å². The second-order valence-corrected chi connectivity index (χ2v) is 8.52. The number of hydrogen-bond donors (Lipinski definition) is 2. The fraction of sp³-hybridized carbons (Fsp3) is 0.304. The smallest absolute Gasteiger partial charge is 0.419 e. The van der Waals surface area contributed by atoms with Crippen LogP contribution < -0.4 is 15.1 Å². The first-order valence-electron chi connectivity index (χ1n) is 10.9. The summed E-state index contributed by atoms with van der Waals surface area (Å²) in [6.45, 7) is 2.56. The van der Waals surface area contributed by atoms with E-state index in [4.69, 9.17) is 11.6 Å². The van der Waals surface area contributed by atoms with E-state index < -0.39 is 29.6 Å². The Bertz CT molecular complexity index is 1270. The number of aromatic nitrogens is 3. The predicted octanol–water partition coefficient (Wildman–Crippen LogP) is 4.56. The van der Waals surface area contributed by atoms with Crippen LogP contribution in [0.5, 0.6) is 0 Å². The van der Waals surface area contributed by atoms with E-state index in [1.54, 1.807) is 11.0 Å². The van der Waals surface area contributed by atoms with E-state index in [0.717, 1.165) is 6.07 Å². The maximum atomic E-state index is 13.7. The second kappa shape index (κ2) is 10.1. The summed E-state index contributed by atoms with van der Waals surface area (Å²) in [5.41, 5.74) is 0.0524. The van der Waals surface area contributed by atoms with Gasteiger partial charge in [0.05, 0.1) is 16.3 Å². The van der Waals surface area contributed by atoms with Crippen molar-refractivity contribution in [3.63, 3.8) is 0 Å². The molecular formula is C23H21ClF4N6O2.